The summed E-state index contributed by atoms with van der Waals surface area (Å²) < 4.78 is 32.0. The quantitative estimate of drug-likeness (QED) is 0.653. The van der Waals surface area contributed by atoms with Crippen molar-refractivity contribution in [2.24, 2.45) is 0 Å². The Bertz CT molecular complexity index is 988. The normalized spacial score (nSPS) is 10.7. The molecule has 5 nitrogen and oxygen atoms in total. The number of nitrogens with zero attached hydrogens (tertiary/aromatic N) is 2. The molecule has 30 heavy (non-hydrogen) atoms. The van der Waals surface area contributed by atoms with E-state index in [9.17, 15) is 18.4 Å². The van der Waals surface area contributed by atoms with E-state index in [1.165, 1.54) is 25.1 Å². The van der Waals surface area contributed by atoms with E-state index in [0.717, 1.165) is 4.90 Å². The van der Waals surface area contributed by atoms with Crippen molar-refractivity contribution in [1.82, 2.24) is 4.98 Å². The van der Waals surface area contributed by atoms with Crippen LogP contribution in [0.5, 0.6) is 0 Å². The highest BCUT2D eigenvalue weighted by molar-refractivity contribution is 6.12. The highest BCUT2D eigenvalue weighted by Crippen LogP contribution is 2.25. The fourth-order valence-corrected chi connectivity index (χ4v) is 2.54. The van der Waals surface area contributed by atoms with E-state index < -0.39 is 30.1 Å². The lowest BCUT2D eigenvalue weighted by Gasteiger charge is -2.27. The maximum Gasteiger partial charge on any atom is 0.421 e. The Morgan fingerprint density at radius 1 is 1.17 bits per heavy atom. The Morgan fingerprint density at radius 3 is 2.53 bits per heavy atom. The van der Waals surface area contributed by atoms with Gasteiger partial charge in [-0.15, -0.1) is 0 Å². The summed E-state index contributed by atoms with van der Waals surface area (Å²) in [6.45, 7) is 5.83. The summed E-state index contributed by atoms with van der Waals surface area (Å²) >= 11 is 0. The summed E-state index contributed by atoms with van der Waals surface area (Å²) in [5, 5.41) is 0. The number of ether oxygens (including phenoxy) is 1. The van der Waals surface area contributed by atoms with Gasteiger partial charge in [0, 0.05) is 18.4 Å². The minimum Gasteiger partial charge on any atom is -0.443 e. The fourth-order valence-electron chi connectivity index (χ4n) is 2.54. The van der Waals surface area contributed by atoms with Crippen LogP contribution in [-0.4, -0.2) is 22.6 Å². The van der Waals surface area contributed by atoms with Gasteiger partial charge >= 0.3 is 6.09 Å². The number of alkyl halides is 1. The van der Waals surface area contributed by atoms with Gasteiger partial charge in [0.2, 0.25) is 5.91 Å². The lowest BCUT2D eigenvalue weighted by molar-refractivity contribution is -0.118. The van der Waals surface area contributed by atoms with Gasteiger partial charge in [0.25, 0.3) is 0 Å². The van der Waals surface area contributed by atoms with Crippen LogP contribution < -0.4 is 4.90 Å². The minimum absolute atomic E-state index is 0.0923. The maximum atomic E-state index is 14.0. The van der Waals surface area contributed by atoms with Crippen LogP contribution in [-0.2, 0) is 16.2 Å². The van der Waals surface area contributed by atoms with Crippen LogP contribution in [0, 0.1) is 24.6 Å². The highest BCUT2D eigenvalue weighted by Gasteiger charge is 2.29. The molecule has 7 heteroatoms. The maximum absolute atomic E-state index is 14.0. The first-order valence-corrected chi connectivity index (χ1v) is 9.44. The molecule has 2 amide bonds. The van der Waals surface area contributed by atoms with Crippen LogP contribution in [0.3, 0.4) is 0 Å². The van der Waals surface area contributed by atoms with Crippen LogP contribution >= 0.6 is 0 Å². The number of hydrogen-bond acceptors (Lipinski definition) is 4. The molecule has 0 bridgehead atoms. The molecule has 0 aliphatic rings. The topological polar surface area (TPSA) is 59.5 Å². The number of pyridine rings is 1. The number of amides is 2. The van der Waals surface area contributed by atoms with Crippen LogP contribution in [0.15, 0.2) is 36.4 Å². The van der Waals surface area contributed by atoms with Gasteiger partial charge in [0.1, 0.15) is 23.8 Å². The first-order valence-electron chi connectivity index (χ1n) is 9.44. The Labute approximate surface area is 175 Å². The summed E-state index contributed by atoms with van der Waals surface area (Å²) in [6.07, 6.45) is -0.842. The Morgan fingerprint density at radius 2 is 1.87 bits per heavy atom. The van der Waals surface area contributed by atoms with Gasteiger partial charge in [-0.1, -0.05) is 18.1 Å². The molecule has 1 aromatic heterocycles. The predicted molar refractivity (Wildman–Crippen MR) is 110 cm³/mol. The number of anilines is 1. The lowest BCUT2D eigenvalue weighted by atomic mass is 10.1. The monoisotopic (exact) mass is 414 g/mol. The van der Waals surface area contributed by atoms with E-state index in [2.05, 4.69) is 16.8 Å². The molecule has 0 radical (unpaired) electrons. The summed E-state index contributed by atoms with van der Waals surface area (Å²) in [6, 6.07) is 8.99. The van der Waals surface area contributed by atoms with Crippen molar-refractivity contribution in [2.75, 3.05) is 4.90 Å². The van der Waals surface area contributed by atoms with E-state index >= 15 is 0 Å². The molecule has 2 aromatic rings. The highest BCUT2D eigenvalue weighted by atomic mass is 19.1. The zero-order valence-electron chi connectivity index (χ0n) is 17.5. The molecule has 0 unspecified atom stereocenters. The summed E-state index contributed by atoms with van der Waals surface area (Å²) in [7, 11) is 0. The first kappa shape index (κ1) is 23.0. The van der Waals surface area contributed by atoms with Gasteiger partial charge in [-0.2, -0.15) is 0 Å². The smallest absolute Gasteiger partial charge is 0.421 e. The number of imide groups is 1. The summed E-state index contributed by atoms with van der Waals surface area (Å²) in [4.78, 5) is 30.3. The molecule has 0 atom stereocenters. The number of aromatic nitrogens is 1. The van der Waals surface area contributed by atoms with Crippen molar-refractivity contribution in [3.8, 4) is 11.8 Å². The second-order valence-corrected chi connectivity index (χ2v) is 7.54. The van der Waals surface area contributed by atoms with E-state index in [4.69, 9.17) is 4.74 Å². The van der Waals surface area contributed by atoms with E-state index in [1.807, 2.05) is 0 Å². The number of carbonyl (C=O) groups excluding carboxylic acids is 2. The number of rotatable bonds is 4. The number of carbonyl (C=O) groups is 2. The molecule has 1 aromatic carbocycles. The van der Waals surface area contributed by atoms with Crippen LogP contribution in [0.25, 0.3) is 0 Å². The molecule has 1 heterocycles. The molecular formula is C23H24F2N2O3. The SMILES string of the molecule is Cc1c(F)cccc1N(C(=O)CCC#Cc1cccc(CF)n1)C(=O)OC(C)(C)C. The van der Waals surface area contributed by atoms with Crippen LogP contribution in [0.2, 0.25) is 0 Å². The lowest BCUT2D eigenvalue weighted by Crippen LogP contribution is -2.41. The first-order chi connectivity index (χ1) is 14.1. The largest absolute Gasteiger partial charge is 0.443 e. The van der Waals surface area contributed by atoms with Crippen LogP contribution in [0.1, 0.15) is 50.6 Å². The number of halogens is 2. The second kappa shape index (κ2) is 9.97. The van der Waals surface area contributed by atoms with Crippen molar-refractivity contribution in [2.45, 2.75) is 52.8 Å². The summed E-state index contributed by atoms with van der Waals surface area (Å²) in [5.74, 6) is 4.46. The van der Waals surface area contributed by atoms with Gasteiger partial charge in [0.05, 0.1) is 11.4 Å². The standard InChI is InChI=1S/C23H24F2N2O3/c1-16-19(25)12-8-13-20(16)27(22(29)30-23(2,3)4)21(28)14-6-5-9-17-10-7-11-18(15-24)26-17/h7-8,10-13H,6,14-15H2,1-4H3. The Kier molecular flexibility index (Phi) is 7.65. The number of benzene rings is 1. The molecule has 0 saturated heterocycles. The average Bonchev–Trinajstić information content (AvgIpc) is 2.67. The number of hydrogen-bond donors (Lipinski definition) is 0. The minimum atomic E-state index is -0.883. The molecule has 0 aliphatic heterocycles. The molecule has 2 rings (SSSR count). The zero-order chi connectivity index (χ0) is 22.3. The van der Waals surface area contributed by atoms with Crippen molar-refractivity contribution in [3.63, 3.8) is 0 Å². The van der Waals surface area contributed by atoms with Gasteiger partial charge in [-0.05, 0) is 57.9 Å². The average molecular weight is 414 g/mol. The second-order valence-electron chi connectivity index (χ2n) is 7.54. The van der Waals surface area contributed by atoms with Gasteiger partial charge in [0.15, 0.2) is 0 Å². The van der Waals surface area contributed by atoms with Crippen molar-refractivity contribution in [1.29, 1.82) is 0 Å². The molecule has 0 aliphatic carbocycles. The Hall–Kier alpha value is -3.27. The van der Waals surface area contributed by atoms with E-state index in [-0.39, 0.29) is 29.8 Å². The van der Waals surface area contributed by atoms with Crippen molar-refractivity contribution < 1.29 is 23.1 Å². The van der Waals surface area contributed by atoms with Crippen molar-refractivity contribution >= 4 is 17.7 Å². The summed E-state index contributed by atoms with van der Waals surface area (Å²) in [5.41, 5.74) is 0.122. The molecule has 158 valence electrons. The molecule has 0 saturated carbocycles. The van der Waals surface area contributed by atoms with Gasteiger partial charge in [-0.25, -0.2) is 23.5 Å². The van der Waals surface area contributed by atoms with Crippen molar-refractivity contribution in [3.05, 3.63) is 59.2 Å². The molecule has 0 fully saturated rings. The fraction of sp³-hybridized carbons (Fsp3) is 0.348. The van der Waals surface area contributed by atoms with E-state index in [0.29, 0.717) is 5.69 Å². The van der Waals surface area contributed by atoms with E-state index in [1.54, 1.807) is 39.0 Å². The Balaban J connectivity index is 2.20. The third-order valence-electron chi connectivity index (χ3n) is 3.93. The zero-order valence-corrected chi connectivity index (χ0v) is 17.5. The van der Waals surface area contributed by atoms with Crippen LogP contribution in [0.4, 0.5) is 19.3 Å². The molecule has 0 spiro atoms. The molecular weight excluding hydrogens is 390 g/mol. The predicted octanol–water partition coefficient (Wildman–Crippen LogP) is 5.10. The van der Waals surface area contributed by atoms with Gasteiger partial charge < -0.3 is 4.74 Å². The molecule has 0 N–H and O–H groups in total. The third kappa shape index (κ3) is 6.38. The van der Waals surface area contributed by atoms with Gasteiger partial charge in [-0.3, -0.25) is 4.79 Å². The third-order valence-corrected chi connectivity index (χ3v) is 3.93.